The fourth-order valence-corrected chi connectivity index (χ4v) is 6.47. The summed E-state index contributed by atoms with van der Waals surface area (Å²) in [7, 11) is -3.97. The summed E-state index contributed by atoms with van der Waals surface area (Å²) >= 11 is 2.23. The first-order chi connectivity index (χ1) is 17.3. The standard InChI is InChI=1S/C23H15N5O5S3/c29-22(18-14-27(15-5-2-1-3-6-15)26-21(18)19-7-4-12-34-19)25-23-24-13-20(35-23)36(32,33)17-10-8-16(9-11-17)28(30)31/h1-14H,(H,24,25,29). The summed E-state index contributed by atoms with van der Waals surface area (Å²) in [4.78, 5) is 28.2. The van der Waals surface area contributed by atoms with Gasteiger partial charge in [-0.25, -0.2) is 18.1 Å². The highest BCUT2D eigenvalue weighted by atomic mass is 32.2. The van der Waals surface area contributed by atoms with Crippen LogP contribution in [0.4, 0.5) is 10.8 Å². The number of aromatic nitrogens is 3. The van der Waals surface area contributed by atoms with Gasteiger partial charge in [-0.1, -0.05) is 35.6 Å². The molecule has 0 aliphatic heterocycles. The first-order valence-electron chi connectivity index (χ1n) is 10.3. The molecule has 2 aromatic carbocycles. The molecule has 0 saturated carbocycles. The number of amides is 1. The lowest BCUT2D eigenvalue weighted by atomic mass is 10.2. The average Bonchev–Trinajstić information content (AvgIpc) is 3.65. The van der Waals surface area contributed by atoms with Crippen LogP contribution in [-0.4, -0.2) is 34.0 Å². The van der Waals surface area contributed by atoms with Crippen LogP contribution in [0, 0.1) is 10.1 Å². The van der Waals surface area contributed by atoms with Crippen molar-refractivity contribution < 1.29 is 18.1 Å². The zero-order valence-corrected chi connectivity index (χ0v) is 20.6. The largest absolute Gasteiger partial charge is 0.298 e. The maximum absolute atomic E-state index is 13.2. The lowest BCUT2D eigenvalue weighted by Crippen LogP contribution is -2.11. The average molecular weight is 538 g/mol. The zero-order valence-electron chi connectivity index (χ0n) is 18.1. The van der Waals surface area contributed by atoms with E-state index in [-0.39, 0.29) is 19.9 Å². The van der Waals surface area contributed by atoms with Crippen molar-refractivity contribution in [2.24, 2.45) is 0 Å². The van der Waals surface area contributed by atoms with Crippen molar-refractivity contribution in [3.8, 4) is 16.3 Å². The Morgan fingerprint density at radius 2 is 1.78 bits per heavy atom. The third kappa shape index (κ3) is 4.54. The fraction of sp³-hybridized carbons (Fsp3) is 0. The molecule has 5 aromatic rings. The van der Waals surface area contributed by atoms with Crippen molar-refractivity contribution in [1.82, 2.24) is 14.8 Å². The number of thiophene rings is 1. The van der Waals surface area contributed by atoms with Crippen LogP contribution in [0.5, 0.6) is 0 Å². The molecule has 36 heavy (non-hydrogen) atoms. The van der Waals surface area contributed by atoms with Crippen molar-refractivity contribution in [2.45, 2.75) is 9.10 Å². The topological polar surface area (TPSA) is 137 Å². The molecule has 0 bridgehead atoms. The number of non-ortho nitro benzene ring substituents is 1. The van der Waals surface area contributed by atoms with Gasteiger partial charge in [-0.15, -0.1) is 11.3 Å². The van der Waals surface area contributed by atoms with Crippen molar-refractivity contribution in [1.29, 1.82) is 0 Å². The summed E-state index contributed by atoms with van der Waals surface area (Å²) in [6.45, 7) is 0. The fourth-order valence-electron chi connectivity index (χ4n) is 3.32. The first kappa shape index (κ1) is 23.5. The van der Waals surface area contributed by atoms with Crippen LogP contribution in [0.1, 0.15) is 10.4 Å². The van der Waals surface area contributed by atoms with Gasteiger partial charge in [-0.2, -0.15) is 5.10 Å². The maximum Gasteiger partial charge on any atom is 0.269 e. The molecular formula is C23H15N5O5S3. The van der Waals surface area contributed by atoms with Crippen LogP contribution in [0.2, 0.25) is 0 Å². The van der Waals surface area contributed by atoms with Gasteiger partial charge >= 0.3 is 0 Å². The minimum Gasteiger partial charge on any atom is -0.298 e. The van der Waals surface area contributed by atoms with Crippen LogP contribution in [0.3, 0.4) is 0 Å². The Labute approximate surface area is 212 Å². The Kier molecular flexibility index (Phi) is 6.18. The molecule has 0 unspecified atom stereocenters. The number of nitrogens with one attached hydrogen (secondary N) is 1. The third-order valence-electron chi connectivity index (χ3n) is 5.06. The van der Waals surface area contributed by atoms with Gasteiger partial charge in [0.1, 0.15) is 9.90 Å². The van der Waals surface area contributed by atoms with Gasteiger partial charge in [0.25, 0.3) is 11.6 Å². The molecule has 180 valence electrons. The van der Waals surface area contributed by atoms with E-state index in [4.69, 9.17) is 0 Å². The Morgan fingerprint density at radius 3 is 2.44 bits per heavy atom. The number of anilines is 1. The predicted molar refractivity (Wildman–Crippen MR) is 135 cm³/mol. The number of nitrogens with zero attached hydrogens (tertiary/aromatic N) is 4. The number of carbonyl (C=O) groups excluding carboxylic acids is 1. The lowest BCUT2D eigenvalue weighted by molar-refractivity contribution is -0.384. The summed E-state index contributed by atoms with van der Waals surface area (Å²) in [5.41, 5.74) is 1.35. The second kappa shape index (κ2) is 9.45. The summed E-state index contributed by atoms with van der Waals surface area (Å²) < 4.78 is 27.4. The molecule has 3 aromatic heterocycles. The minimum atomic E-state index is -3.97. The Bertz CT molecular complexity index is 1660. The zero-order chi connectivity index (χ0) is 25.3. The molecule has 0 fully saturated rings. The van der Waals surface area contributed by atoms with Crippen LogP contribution in [0.15, 0.2) is 93.6 Å². The van der Waals surface area contributed by atoms with Gasteiger partial charge < -0.3 is 0 Å². The Morgan fingerprint density at radius 1 is 1.03 bits per heavy atom. The monoisotopic (exact) mass is 537 g/mol. The van der Waals surface area contributed by atoms with E-state index in [1.807, 2.05) is 47.8 Å². The summed E-state index contributed by atoms with van der Waals surface area (Å²) in [6, 6.07) is 17.6. The number of sulfone groups is 1. The summed E-state index contributed by atoms with van der Waals surface area (Å²) in [6.07, 6.45) is 2.76. The van der Waals surface area contributed by atoms with E-state index in [1.165, 1.54) is 11.3 Å². The normalized spacial score (nSPS) is 11.3. The Balaban J connectivity index is 1.42. The van der Waals surface area contributed by atoms with E-state index in [1.54, 1.807) is 10.9 Å². The highest BCUT2D eigenvalue weighted by molar-refractivity contribution is 7.93. The number of benzene rings is 2. The van der Waals surface area contributed by atoms with E-state index in [9.17, 15) is 23.3 Å². The molecule has 0 atom stereocenters. The van der Waals surface area contributed by atoms with Crippen LogP contribution in [0.25, 0.3) is 16.3 Å². The first-order valence-corrected chi connectivity index (χ1v) is 13.5. The summed E-state index contributed by atoms with van der Waals surface area (Å²) in [5.74, 6) is -0.491. The molecule has 0 radical (unpaired) electrons. The van der Waals surface area contributed by atoms with E-state index in [2.05, 4.69) is 15.4 Å². The van der Waals surface area contributed by atoms with Gasteiger partial charge in [0, 0.05) is 18.3 Å². The van der Waals surface area contributed by atoms with Crippen LogP contribution < -0.4 is 5.32 Å². The molecule has 0 aliphatic carbocycles. The highest BCUT2D eigenvalue weighted by Crippen LogP contribution is 2.31. The number of nitro benzene ring substituents is 1. The molecule has 3 heterocycles. The van der Waals surface area contributed by atoms with Crippen molar-refractivity contribution >= 4 is 49.2 Å². The number of hydrogen-bond donors (Lipinski definition) is 1. The van der Waals surface area contributed by atoms with E-state index in [0.29, 0.717) is 11.3 Å². The number of para-hydroxylation sites is 1. The lowest BCUT2D eigenvalue weighted by Gasteiger charge is -2.02. The number of nitro groups is 1. The summed E-state index contributed by atoms with van der Waals surface area (Å²) in [5, 5.41) is 20.1. The molecule has 13 heteroatoms. The molecular weight excluding hydrogens is 522 g/mol. The van der Waals surface area contributed by atoms with E-state index < -0.39 is 20.7 Å². The van der Waals surface area contributed by atoms with Crippen molar-refractivity contribution in [3.63, 3.8) is 0 Å². The Hall–Kier alpha value is -4.20. The smallest absolute Gasteiger partial charge is 0.269 e. The van der Waals surface area contributed by atoms with E-state index in [0.717, 1.165) is 52.4 Å². The maximum atomic E-state index is 13.2. The van der Waals surface area contributed by atoms with Gasteiger partial charge in [0.15, 0.2) is 5.13 Å². The molecule has 1 N–H and O–H groups in total. The molecule has 10 nitrogen and oxygen atoms in total. The van der Waals surface area contributed by atoms with Gasteiger partial charge in [-0.05, 0) is 35.7 Å². The second-order valence-corrected chi connectivity index (χ2v) is 11.5. The SMILES string of the molecule is O=C(Nc1ncc(S(=O)(=O)c2ccc([N+](=O)[O-])cc2)s1)c1cn(-c2ccccc2)nc1-c1cccs1. The molecule has 0 spiro atoms. The number of rotatable bonds is 7. The third-order valence-corrected chi connectivity index (χ3v) is 9.08. The van der Waals surface area contributed by atoms with Gasteiger partial charge in [0.05, 0.1) is 32.1 Å². The van der Waals surface area contributed by atoms with Gasteiger partial charge in [-0.3, -0.25) is 20.2 Å². The second-order valence-electron chi connectivity index (χ2n) is 7.34. The number of thiazole rings is 1. The molecule has 0 aliphatic rings. The quantitative estimate of drug-likeness (QED) is 0.226. The highest BCUT2D eigenvalue weighted by Gasteiger charge is 2.24. The number of hydrogen-bond acceptors (Lipinski definition) is 9. The van der Waals surface area contributed by atoms with Crippen molar-refractivity contribution in [2.75, 3.05) is 5.32 Å². The van der Waals surface area contributed by atoms with Crippen LogP contribution in [-0.2, 0) is 9.84 Å². The molecule has 0 saturated heterocycles. The number of carbonyl (C=O) groups is 1. The van der Waals surface area contributed by atoms with Crippen LogP contribution >= 0.6 is 22.7 Å². The van der Waals surface area contributed by atoms with Gasteiger partial charge in [0.2, 0.25) is 9.84 Å². The van der Waals surface area contributed by atoms with E-state index >= 15 is 0 Å². The predicted octanol–water partition coefficient (Wildman–Crippen LogP) is 5.05. The van der Waals surface area contributed by atoms with Crippen molar-refractivity contribution in [3.05, 3.63) is 100 Å². The molecule has 5 rings (SSSR count). The minimum absolute atomic E-state index is 0.0880. The molecule has 1 amide bonds.